The second-order valence-corrected chi connectivity index (χ2v) is 1.46. The van der Waals surface area contributed by atoms with Gasteiger partial charge in [0.2, 0.25) is 0 Å². The topological polar surface area (TPSA) is 0 Å². The van der Waals surface area contributed by atoms with Crippen LogP contribution in [0.1, 0.15) is 12.5 Å². The molecule has 0 aliphatic heterocycles. The van der Waals surface area contributed by atoms with Crippen molar-refractivity contribution < 1.29 is 45.1 Å². The van der Waals surface area contributed by atoms with Crippen molar-refractivity contribution in [3.05, 3.63) is 36.8 Å². The third-order valence-electron chi connectivity index (χ3n) is 0.829. The first kappa shape index (κ1) is 17.0. The van der Waals surface area contributed by atoms with E-state index >= 15 is 0 Å². The van der Waals surface area contributed by atoms with Crippen LogP contribution >= 0.6 is 0 Å². The molecule has 0 saturated carbocycles. The molecule has 1 rings (SSSR count). The molecule has 2 heteroatoms. The average Bonchev–Trinajstić information content (AvgIpc) is 2.24. The van der Waals surface area contributed by atoms with Crippen molar-refractivity contribution in [2.24, 2.45) is 0 Å². The Bertz CT molecular complexity index is 113. The molecule has 0 spiro atoms. The zero-order valence-corrected chi connectivity index (χ0v) is 10.1. The predicted octanol–water partition coefficient (Wildman–Crippen LogP) is -0.444. The van der Waals surface area contributed by atoms with E-state index in [9.17, 15) is 0 Å². The number of halogens is 1. The fraction of sp³-hybridized carbons (Fsp3) is 0.250. The Morgan fingerprint density at radius 1 is 1.10 bits per heavy atom. The van der Waals surface area contributed by atoms with Crippen LogP contribution in [0.4, 0.5) is 0 Å². The van der Waals surface area contributed by atoms with E-state index in [1.807, 2.05) is 12.1 Å². The molecule has 0 aromatic heterocycles. The van der Waals surface area contributed by atoms with Gasteiger partial charge in [-0.25, -0.2) is 12.1 Å². The van der Waals surface area contributed by atoms with Crippen LogP contribution < -0.4 is 12.4 Å². The van der Waals surface area contributed by atoms with Gasteiger partial charge in [-0.15, -0.1) is 0 Å². The van der Waals surface area contributed by atoms with Gasteiger partial charge in [-0.1, -0.05) is 6.92 Å². The molecule has 0 fully saturated rings. The van der Waals surface area contributed by atoms with Crippen LogP contribution in [0.3, 0.4) is 0 Å². The van der Waals surface area contributed by atoms with Crippen LogP contribution in [0.25, 0.3) is 0 Å². The molecule has 0 aliphatic carbocycles. The van der Waals surface area contributed by atoms with Crippen LogP contribution in [0, 0.1) is 13.8 Å². The first-order valence-corrected chi connectivity index (χ1v) is 2.78. The maximum Gasteiger partial charge on any atom is 3.00 e. The van der Waals surface area contributed by atoms with Crippen molar-refractivity contribution in [1.82, 2.24) is 0 Å². The zero-order valence-electron chi connectivity index (χ0n) is 6.47. The largest absolute Gasteiger partial charge is 3.00 e. The van der Waals surface area contributed by atoms with Gasteiger partial charge in [0.15, 0.2) is 0 Å². The summed E-state index contributed by atoms with van der Waals surface area (Å²) in [6, 6.07) is 8.24. The third kappa shape index (κ3) is 8.74. The third-order valence-corrected chi connectivity index (χ3v) is 0.829. The van der Waals surface area contributed by atoms with Crippen LogP contribution in [-0.4, -0.2) is 0 Å². The Morgan fingerprint density at radius 2 is 1.40 bits per heavy atom. The minimum Gasteiger partial charge on any atom is -1.00 e. The molecular formula is C8H12ClY. The molecular weight excluding hydrogens is 220 g/mol. The van der Waals surface area contributed by atoms with Crippen LogP contribution in [-0.2, 0) is 32.7 Å². The summed E-state index contributed by atoms with van der Waals surface area (Å²) < 4.78 is 0. The van der Waals surface area contributed by atoms with Gasteiger partial charge in [0, 0.05) is 0 Å². The zero-order chi connectivity index (χ0) is 6.41. The second-order valence-electron chi connectivity index (χ2n) is 1.46. The van der Waals surface area contributed by atoms with Gasteiger partial charge in [0.1, 0.15) is 0 Å². The summed E-state index contributed by atoms with van der Waals surface area (Å²) in [5.74, 6) is 0. The number of aryl methyl sites for hydroxylation is 1. The minimum absolute atomic E-state index is 0. The van der Waals surface area contributed by atoms with E-state index in [0.717, 1.165) is 0 Å². The molecule has 0 atom stereocenters. The molecule has 10 heavy (non-hydrogen) atoms. The average molecular weight is 233 g/mol. The Morgan fingerprint density at radius 3 is 1.50 bits per heavy atom. The summed E-state index contributed by atoms with van der Waals surface area (Å²) in [7, 11) is 0. The smallest absolute Gasteiger partial charge is 1.00 e. The molecule has 1 aromatic carbocycles. The number of hydrogen-bond donors (Lipinski definition) is 0. The maximum atomic E-state index is 3.25. The van der Waals surface area contributed by atoms with Crippen molar-refractivity contribution >= 4 is 0 Å². The Balaban J connectivity index is -0.000000114. The normalized spacial score (nSPS) is 5.90. The number of hydrogen-bond acceptors (Lipinski definition) is 0. The van der Waals surface area contributed by atoms with E-state index in [-0.39, 0.29) is 45.1 Å². The molecule has 0 amide bonds. The van der Waals surface area contributed by atoms with Crippen molar-refractivity contribution in [3.63, 3.8) is 0 Å². The minimum atomic E-state index is 0. The molecule has 54 valence electrons. The molecule has 0 aliphatic rings. The summed E-state index contributed by atoms with van der Waals surface area (Å²) in [6.45, 7) is 7.08. The summed E-state index contributed by atoms with van der Waals surface area (Å²) in [4.78, 5) is 0. The molecule has 0 bridgehead atoms. The second kappa shape index (κ2) is 12.4. The van der Waals surface area contributed by atoms with Gasteiger partial charge in [-0.05, 0) is 0 Å². The van der Waals surface area contributed by atoms with Gasteiger partial charge in [0.25, 0.3) is 0 Å². The Hall–Kier alpha value is 0.744. The summed E-state index contributed by atoms with van der Waals surface area (Å²) >= 11 is 0. The fourth-order valence-electron chi connectivity index (χ4n) is 0.470. The Labute approximate surface area is 95.1 Å². The van der Waals surface area contributed by atoms with Gasteiger partial charge < -0.3 is 19.3 Å². The summed E-state index contributed by atoms with van der Waals surface area (Å²) in [6.07, 6.45) is 0. The van der Waals surface area contributed by atoms with Crippen molar-refractivity contribution in [3.8, 4) is 0 Å². The molecule has 0 N–H and O–H groups in total. The monoisotopic (exact) mass is 232 g/mol. The van der Waals surface area contributed by atoms with E-state index < -0.39 is 0 Å². The standard InChI is InChI=1S/C6H7.C2H5.ClH.Y/c1-6-4-2-3-5-6;1-2;;/h2-5H,1H3;1H2,2H3;1H;/q2*-1;;+3/p-1. The van der Waals surface area contributed by atoms with Crippen molar-refractivity contribution in [2.75, 3.05) is 0 Å². The number of rotatable bonds is 0. The molecule has 0 radical (unpaired) electrons. The quantitative estimate of drug-likeness (QED) is 0.532. The molecule has 0 unspecified atom stereocenters. The van der Waals surface area contributed by atoms with Crippen LogP contribution in [0.5, 0.6) is 0 Å². The van der Waals surface area contributed by atoms with E-state index in [1.54, 1.807) is 6.92 Å². The van der Waals surface area contributed by atoms with E-state index in [2.05, 4.69) is 26.0 Å². The first-order chi connectivity index (χ1) is 3.89. The molecule has 0 saturated heterocycles. The Kier molecular flexibility index (Phi) is 21.1. The first-order valence-electron chi connectivity index (χ1n) is 2.78. The van der Waals surface area contributed by atoms with Crippen LogP contribution in [0.2, 0.25) is 0 Å². The summed E-state index contributed by atoms with van der Waals surface area (Å²) in [5, 5.41) is 0. The molecule has 0 nitrogen and oxygen atoms in total. The van der Waals surface area contributed by atoms with Gasteiger partial charge in [-0.2, -0.15) is 24.6 Å². The van der Waals surface area contributed by atoms with Gasteiger partial charge >= 0.3 is 32.7 Å². The maximum absolute atomic E-state index is 3.25. The van der Waals surface area contributed by atoms with E-state index in [0.29, 0.717) is 0 Å². The molecule has 0 heterocycles. The van der Waals surface area contributed by atoms with Gasteiger partial charge in [0.05, 0.1) is 0 Å². The molecule has 1 aromatic rings. The van der Waals surface area contributed by atoms with E-state index in [4.69, 9.17) is 0 Å². The SMILES string of the molecule is C[c-]1cccc1.[CH2-]C.[Cl-].[Y+3]. The fourth-order valence-corrected chi connectivity index (χ4v) is 0.470. The summed E-state index contributed by atoms with van der Waals surface area (Å²) in [5.41, 5.74) is 1.34. The van der Waals surface area contributed by atoms with E-state index in [1.165, 1.54) is 5.56 Å². The van der Waals surface area contributed by atoms with Crippen molar-refractivity contribution in [2.45, 2.75) is 13.8 Å². The van der Waals surface area contributed by atoms with Crippen LogP contribution in [0.15, 0.2) is 24.3 Å². The predicted molar refractivity (Wildman–Crippen MR) is 37.8 cm³/mol. The van der Waals surface area contributed by atoms with Gasteiger partial charge in [-0.3, -0.25) is 0 Å². The van der Waals surface area contributed by atoms with Crippen molar-refractivity contribution in [1.29, 1.82) is 0 Å².